The van der Waals surface area contributed by atoms with Gasteiger partial charge in [0.05, 0.1) is 12.6 Å². The number of aliphatic hydroxyl groups is 1. The molecule has 4 atom stereocenters. The molecule has 1 saturated carbocycles. The summed E-state index contributed by atoms with van der Waals surface area (Å²) in [6, 6.07) is 15.0. The molecule has 0 bridgehead atoms. The molecule has 1 saturated heterocycles. The number of phenols is 1. The number of aromatic hydroxyl groups is 1. The third kappa shape index (κ3) is 3.92. The van der Waals surface area contributed by atoms with Crippen molar-refractivity contribution in [2.24, 2.45) is 17.8 Å². The van der Waals surface area contributed by atoms with Crippen LogP contribution in [-0.4, -0.2) is 46.6 Å². The molecule has 1 aliphatic heterocycles. The van der Waals surface area contributed by atoms with E-state index in [1.807, 2.05) is 0 Å². The van der Waals surface area contributed by atoms with Crippen LogP contribution < -0.4 is 0 Å². The van der Waals surface area contributed by atoms with Gasteiger partial charge in [0, 0.05) is 24.6 Å². The first-order chi connectivity index (χ1) is 13.0. The van der Waals surface area contributed by atoms with Gasteiger partial charge in [-0.1, -0.05) is 29.8 Å². The van der Waals surface area contributed by atoms with E-state index in [-0.39, 0.29) is 23.6 Å². The molecule has 0 aromatic heterocycles. The Morgan fingerprint density at radius 1 is 1.07 bits per heavy atom. The zero-order chi connectivity index (χ0) is 19.0. The minimum atomic E-state index is -0.287. The number of ketones is 1. The van der Waals surface area contributed by atoms with Gasteiger partial charge in [0.2, 0.25) is 0 Å². The molecule has 4 rings (SSSR count). The minimum Gasteiger partial charge on any atom is -0.508 e. The monoisotopic (exact) mass is 365 g/mol. The molecule has 1 aliphatic carbocycles. The highest BCUT2D eigenvalue weighted by molar-refractivity contribution is 5.97. The van der Waals surface area contributed by atoms with Crippen LogP contribution in [0.3, 0.4) is 0 Å². The zero-order valence-electron chi connectivity index (χ0n) is 15.7. The lowest BCUT2D eigenvalue weighted by atomic mass is 9.93. The fourth-order valence-corrected chi connectivity index (χ4v) is 4.80. The second-order valence-electron chi connectivity index (χ2n) is 8.26. The van der Waals surface area contributed by atoms with Crippen LogP contribution >= 0.6 is 0 Å². The van der Waals surface area contributed by atoms with E-state index in [4.69, 9.17) is 0 Å². The van der Waals surface area contributed by atoms with E-state index in [9.17, 15) is 15.0 Å². The van der Waals surface area contributed by atoms with Crippen LogP contribution in [0.1, 0.15) is 27.9 Å². The Hall–Kier alpha value is -2.17. The zero-order valence-corrected chi connectivity index (χ0v) is 15.7. The molecule has 2 aromatic rings. The molecule has 0 amide bonds. The highest BCUT2D eigenvalue weighted by atomic mass is 16.3. The molecule has 1 heterocycles. The van der Waals surface area contributed by atoms with Crippen LogP contribution in [0, 0.1) is 24.7 Å². The predicted octanol–water partition coefficient (Wildman–Crippen LogP) is 3.05. The van der Waals surface area contributed by atoms with Gasteiger partial charge >= 0.3 is 0 Å². The average Bonchev–Trinajstić information content (AvgIpc) is 3.16. The lowest BCUT2D eigenvalue weighted by Crippen LogP contribution is -2.32. The van der Waals surface area contributed by atoms with Crippen molar-refractivity contribution in [2.45, 2.75) is 25.9 Å². The Bertz CT molecular complexity index is 799. The average molecular weight is 365 g/mol. The van der Waals surface area contributed by atoms with E-state index in [0.29, 0.717) is 23.9 Å². The summed E-state index contributed by atoms with van der Waals surface area (Å²) in [6.45, 7) is 4.15. The third-order valence-electron chi connectivity index (χ3n) is 6.27. The third-order valence-corrected chi connectivity index (χ3v) is 6.27. The number of likely N-dealkylation sites (tertiary alicyclic amines) is 1. The lowest BCUT2D eigenvalue weighted by Gasteiger charge is -2.22. The van der Waals surface area contributed by atoms with Crippen molar-refractivity contribution in [3.63, 3.8) is 0 Å². The van der Waals surface area contributed by atoms with Crippen LogP contribution in [0.15, 0.2) is 48.5 Å². The maximum atomic E-state index is 12.5. The molecule has 4 nitrogen and oxygen atoms in total. The van der Waals surface area contributed by atoms with Gasteiger partial charge in [-0.2, -0.15) is 0 Å². The first-order valence-electron chi connectivity index (χ1n) is 9.78. The number of nitrogens with zero attached hydrogens (tertiary/aromatic N) is 1. The SMILES string of the molecule is Cc1ccc(C[C@H]2C[C@H]3CN(CC(=O)c4ccc(O)cc4)C[C@H]3C2O)cc1. The molecule has 2 aromatic carbocycles. The van der Waals surface area contributed by atoms with Crippen molar-refractivity contribution in [3.8, 4) is 5.75 Å². The normalized spacial score (nSPS) is 27.6. The molecule has 2 fully saturated rings. The summed E-state index contributed by atoms with van der Waals surface area (Å²) in [6.07, 6.45) is 1.68. The topological polar surface area (TPSA) is 60.8 Å². The van der Waals surface area contributed by atoms with Gasteiger partial charge in [-0.25, -0.2) is 0 Å². The highest BCUT2D eigenvalue weighted by Crippen LogP contribution is 2.43. The number of aryl methyl sites for hydroxylation is 1. The summed E-state index contributed by atoms with van der Waals surface area (Å²) in [5.74, 6) is 1.31. The van der Waals surface area contributed by atoms with Crippen molar-refractivity contribution in [1.82, 2.24) is 4.90 Å². The molecule has 27 heavy (non-hydrogen) atoms. The van der Waals surface area contributed by atoms with E-state index in [1.165, 1.54) is 11.1 Å². The quantitative estimate of drug-likeness (QED) is 0.800. The Morgan fingerprint density at radius 3 is 2.44 bits per heavy atom. The highest BCUT2D eigenvalue weighted by Gasteiger charge is 2.47. The van der Waals surface area contributed by atoms with Gasteiger partial charge in [0.25, 0.3) is 0 Å². The van der Waals surface area contributed by atoms with Crippen LogP contribution in [-0.2, 0) is 6.42 Å². The Labute approximate surface area is 160 Å². The number of fused-ring (bicyclic) bond motifs is 1. The van der Waals surface area contributed by atoms with Crippen LogP contribution in [0.4, 0.5) is 0 Å². The van der Waals surface area contributed by atoms with Crippen LogP contribution in [0.2, 0.25) is 0 Å². The van der Waals surface area contributed by atoms with E-state index in [2.05, 4.69) is 36.1 Å². The fraction of sp³-hybridized carbons (Fsp3) is 0.435. The number of carbonyl (C=O) groups excluding carboxylic acids is 1. The molecule has 4 heteroatoms. The second kappa shape index (κ2) is 7.45. The number of Topliss-reactive ketones (excluding diaryl/α,β-unsaturated/α-hetero) is 1. The first kappa shape index (κ1) is 18.2. The van der Waals surface area contributed by atoms with Crippen molar-refractivity contribution in [3.05, 3.63) is 65.2 Å². The van der Waals surface area contributed by atoms with E-state index in [1.54, 1.807) is 24.3 Å². The van der Waals surface area contributed by atoms with Crippen molar-refractivity contribution < 1.29 is 15.0 Å². The van der Waals surface area contributed by atoms with E-state index >= 15 is 0 Å². The van der Waals surface area contributed by atoms with Gasteiger partial charge in [0.15, 0.2) is 5.78 Å². The lowest BCUT2D eigenvalue weighted by molar-refractivity contribution is 0.0801. The maximum Gasteiger partial charge on any atom is 0.176 e. The summed E-state index contributed by atoms with van der Waals surface area (Å²) in [7, 11) is 0. The standard InChI is InChI=1S/C23H27NO3/c1-15-2-4-16(5-3-15)10-18-11-19-12-24(13-21(19)23(18)27)14-22(26)17-6-8-20(25)9-7-17/h2-9,18-19,21,23,25,27H,10-14H2,1H3/t18-,19-,21+,23?/m0/s1. The molecular weight excluding hydrogens is 338 g/mol. The van der Waals surface area contributed by atoms with Gasteiger partial charge in [-0.15, -0.1) is 0 Å². The summed E-state index contributed by atoms with van der Waals surface area (Å²) in [5, 5.41) is 20.2. The van der Waals surface area contributed by atoms with Crippen molar-refractivity contribution >= 4 is 5.78 Å². The second-order valence-corrected chi connectivity index (χ2v) is 8.26. The Kier molecular flexibility index (Phi) is 5.02. The molecule has 0 radical (unpaired) electrons. The van der Waals surface area contributed by atoms with Crippen LogP contribution in [0.5, 0.6) is 5.75 Å². The number of carbonyl (C=O) groups is 1. The number of rotatable bonds is 5. The first-order valence-corrected chi connectivity index (χ1v) is 9.78. The van der Waals surface area contributed by atoms with Crippen LogP contribution in [0.25, 0.3) is 0 Å². The van der Waals surface area contributed by atoms with Crippen molar-refractivity contribution in [1.29, 1.82) is 0 Å². The number of hydrogen-bond donors (Lipinski definition) is 2. The van der Waals surface area contributed by atoms with Crippen molar-refractivity contribution in [2.75, 3.05) is 19.6 Å². The number of benzene rings is 2. The molecule has 0 spiro atoms. The minimum absolute atomic E-state index is 0.0701. The fourth-order valence-electron chi connectivity index (χ4n) is 4.80. The summed E-state index contributed by atoms with van der Waals surface area (Å²) >= 11 is 0. The smallest absolute Gasteiger partial charge is 0.176 e. The van der Waals surface area contributed by atoms with E-state index in [0.717, 1.165) is 25.9 Å². The molecule has 2 N–H and O–H groups in total. The Balaban J connectivity index is 1.33. The molecule has 2 aliphatic rings. The Morgan fingerprint density at radius 2 is 1.78 bits per heavy atom. The number of hydrogen-bond acceptors (Lipinski definition) is 4. The maximum absolute atomic E-state index is 12.5. The van der Waals surface area contributed by atoms with Gasteiger partial charge in [-0.05, 0) is 61.4 Å². The van der Waals surface area contributed by atoms with Gasteiger partial charge < -0.3 is 10.2 Å². The summed E-state index contributed by atoms with van der Waals surface area (Å²) < 4.78 is 0. The molecular formula is C23H27NO3. The van der Waals surface area contributed by atoms with Gasteiger partial charge in [0.1, 0.15) is 5.75 Å². The summed E-state index contributed by atoms with van der Waals surface area (Å²) in [5.41, 5.74) is 3.18. The number of phenolic OH excluding ortho intramolecular Hbond substituents is 1. The van der Waals surface area contributed by atoms with E-state index < -0.39 is 0 Å². The molecule has 1 unspecified atom stereocenters. The predicted molar refractivity (Wildman–Crippen MR) is 105 cm³/mol. The largest absolute Gasteiger partial charge is 0.508 e. The molecule has 142 valence electrons. The van der Waals surface area contributed by atoms with Gasteiger partial charge in [-0.3, -0.25) is 9.69 Å². The summed E-state index contributed by atoms with van der Waals surface area (Å²) in [4.78, 5) is 14.6. The number of aliphatic hydroxyl groups excluding tert-OH is 1.